The number of hydrogen-bond donors (Lipinski definition) is 2. The summed E-state index contributed by atoms with van der Waals surface area (Å²) in [5, 5.41) is 6.59. The van der Waals surface area contributed by atoms with Gasteiger partial charge in [0.2, 0.25) is 5.91 Å². The number of hydrogen-bond acceptors (Lipinski definition) is 5. The fourth-order valence-electron chi connectivity index (χ4n) is 4.51. The number of piperazine rings is 1. The maximum absolute atomic E-state index is 11.6. The largest absolute Gasteiger partial charge is 0.494 e. The number of pyridine rings is 1. The van der Waals surface area contributed by atoms with Crippen LogP contribution in [0.3, 0.4) is 0 Å². The highest BCUT2D eigenvalue weighted by Crippen LogP contribution is 2.34. The molecule has 1 aromatic heterocycles. The van der Waals surface area contributed by atoms with Crippen molar-refractivity contribution in [2.45, 2.75) is 44.6 Å². The van der Waals surface area contributed by atoms with Crippen LogP contribution in [0.15, 0.2) is 42.6 Å². The van der Waals surface area contributed by atoms with E-state index >= 15 is 0 Å². The average molecular weight is 409 g/mol. The Hall–Kier alpha value is -2.60. The maximum Gasteiger partial charge on any atom is 0.239 e. The lowest BCUT2D eigenvalue weighted by Crippen LogP contribution is -2.48. The van der Waals surface area contributed by atoms with E-state index in [9.17, 15) is 4.79 Å². The van der Waals surface area contributed by atoms with Crippen molar-refractivity contribution in [1.29, 1.82) is 0 Å². The molecule has 2 N–H and O–H groups in total. The molecule has 2 atom stereocenters. The Bertz CT molecular complexity index is 839. The summed E-state index contributed by atoms with van der Waals surface area (Å²) in [5.74, 6) is 2.49. The van der Waals surface area contributed by atoms with Crippen LogP contribution >= 0.6 is 0 Å². The van der Waals surface area contributed by atoms with E-state index in [4.69, 9.17) is 4.74 Å². The lowest BCUT2D eigenvalue weighted by molar-refractivity contribution is -0.120. The summed E-state index contributed by atoms with van der Waals surface area (Å²) in [6.07, 6.45) is 6.59. The van der Waals surface area contributed by atoms with E-state index < -0.39 is 0 Å². The predicted molar refractivity (Wildman–Crippen MR) is 119 cm³/mol. The lowest BCUT2D eigenvalue weighted by Gasteiger charge is -2.27. The van der Waals surface area contributed by atoms with Gasteiger partial charge in [-0.1, -0.05) is 18.2 Å². The smallest absolute Gasteiger partial charge is 0.239 e. The molecular weight excluding hydrogens is 376 g/mol. The van der Waals surface area contributed by atoms with Crippen molar-refractivity contribution in [1.82, 2.24) is 15.6 Å². The SMILES string of the molecule is CCOc1cccc(CCN[C@H]2CC[C@@H](c3ccc(N4CCNC(=O)C4)nc3)C2)c1. The highest BCUT2D eigenvalue weighted by atomic mass is 16.5. The first-order valence-corrected chi connectivity index (χ1v) is 11.1. The van der Waals surface area contributed by atoms with Gasteiger partial charge in [-0.2, -0.15) is 0 Å². The van der Waals surface area contributed by atoms with Crippen molar-refractivity contribution in [2.75, 3.05) is 37.7 Å². The number of ether oxygens (including phenoxy) is 1. The van der Waals surface area contributed by atoms with Crippen LogP contribution in [-0.4, -0.2) is 49.7 Å². The lowest BCUT2D eigenvalue weighted by atomic mass is 9.99. The number of anilines is 1. The molecule has 1 amide bonds. The van der Waals surface area contributed by atoms with Crippen LogP contribution in [-0.2, 0) is 11.2 Å². The maximum atomic E-state index is 11.6. The number of benzene rings is 1. The quantitative estimate of drug-likeness (QED) is 0.703. The van der Waals surface area contributed by atoms with Crippen LogP contribution in [0.25, 0.3) is 0 Å². The summed E-state index contributed by atoms with van der Waals surface area (Å²) in [6, 6.07) is 13.2. The molecule has 2 aromatic rings. The number of carbonyl (C=O) groups is 1. The number of nitrogens with one attached hydrogen (secondary N) is 2. The fourth-order valence-corrected chi connectivity index (χ4v) is 4.51. The van der Waals surface area contributed by atoms with Crippen LogP contribution in [0.2, 0.25) is 0 Å². The van der Waals surface area contributed by atoms with Crippen molar-refractivity contribution < 1.29 is 9.53 Å². The minimum atomic E-state index is 0.0708. The monoisotopic (exact) mass is 408 g/mol. The van der Waals surface area contributed by atoms with Crippen molar-refractivity contribution in [3.63, 3.8) is 0 Å². The first kappa shape index (κ1) is 20.7. The van der Waals surface area contributed by atoms with Crippen LogP contribution < -0.4 is 20.3 Å². The number of amides is 1. The Morgan fingerprint density at radius 2 is 2.20 bits per heavy atom. The standard InChI is InChI=1S/C24H32N4O2/c1-2-30-22-5-3-4-18(14-22)10-11-25-21-8-6-19(15-21)20-7-9-23(27-16-20)28-13-12-26-24(29)17-28/h3-5,7,9,14,16,19,21,25H,2,6,8,10-13,15,17H2,1H3,(H,26,29)/t19-,21+/m1/s1. The zero-order valence-corrected chi connectivity index (χ0v) is 17.8. The molecule has 0 radical (unpaired) electrons. The van der Waals surface area contributed by atoms with Crippen LogP contribution in [0.1, 0.15) is 43.2 Å². The Balaban J connectivity index is 1.24. The van der Waals surface area contributed by atoms with Gasteiger partial charge < -0.3 is 20.3 Å². The van der Waals surface area contributed by atoms with Gasteiger partial charge in [0.05, 0.1) is 13.2 Å². The Morgan fingerprint density at radius 1 is 1.27 bits per heavy atom. The molecule has 4 rings (SSSR count). The van der Waals surface area contributed by atoms with Gasteiger partial charge in [-0.15, -0.1) is 0 Å². The Labute approximate surface area is 179 Å². The molecule has 1 aliphatic carbocycles. The molecule has 30 heavy (non-hydrogen) atoms. The molecule has 160 valence electrons. The third-order valence-electron chi connectivity index (χ3n) is 6.09. The summed E-state index contributed by atoms with van der Waals surface area (Å²) >= 11 is 0. The number of rotatable bonds is 8. The zero-order valence-electron chi connectivity index (χ0n) is 17.8. The van der Waals surface area contributed by atoms with Crippen molar-refractivity contribution in [3.05, 3.63) is 53.7 Å². The van der Waals surface area contributed by atoms with E-state index in [0.717, 1.165) is 37.5 Å². The normalized spacial score (nSPS) is 21.5. The summed E-state index contributed by atoms with van der Waals surface area (Å²) in [7, 11) is 0. The summed E-state index contributed by atoms with van der Waals surface area (Å²) in [6.45, 7) is 5.61. The molecule has 2 heterocycles. The Morgan fingerprint density at radius 3 is 3.00 bits per heavy atom. The van der Waals surface area contributed by atoms with Crippen molar-refractivity contribution >= 4 is 11.7 Å². The molecular formula is C24H32N4O2. The summed E-state index contributed by atoms with van der Waals surface area (Å²) < 4.78 is 5.59. The molecule has 0 bridgehead atoms. The van der Waals surface area contributed by atoms with Gasteiger partial charge >= 0.3 is 0 Å². The van der Waals surface area contributed by atoms with Gasteiger partial charge in [-0.25, -0.2) is 4.98 Å². The predicted octanol–water partition coefficient (Wildman–Crippen LogP) is 2.88. The molecule has 6 heteroatoms. The minimum Gasteiger partial charge on any atom is -0.494 e. The molecule has 0 unspecified atom stereocenters. The van der Waals surface area contributed by atoms with Crippen molar-refractivity contribution in [2.24, 2.45) is 0 Å². The van der Waals surface area contributed by atoms with E-state index in [1.807, 2.05) is 24.1 Å². The summed E-state index contributed by atoms with van der Waals surface area (Å²) in [5.41, 5.74) is 2.63. The van der Waals surface area contributed by atoms with E-state index in [1.165, 1.54) is 24.0 Å². The first-order chi connectivity index (χ1) is 14.7. The van der Waals surface area contributed by atoms with E-state index in [1.54, 1.807) is 0 Å². The summed E-state index contributed by atoms with van der Waals surface area (Å²) in [4.78, 5) is 18.3. The van der Waals surface area contributed by atoms with Gasteiger partial charge in [0.25, 0.3) is 0 Å². The second-order valence-electron chi connectivity index (χ2n) is 8.21. The van der Waals surface area contributed by atoms with Gasteiger partial charge in [-0.3, -0.25) is 4.79 Å². The molecule has 2 fully saturated rings. The second kappa shape index (κ2) is 9.94. The highest BCUT2D eigenvalue weighted by molar-refractivity contribution is 5.82. The minimum absolute atomic E-state index is 0.0708. The average Bonchev–Trinajstić information content (AvgIpc) is 3.23. The molecule has 1 aromatic carbocycles. The van der Waals surface area contributed by atoms with Gasteiger partial charge in [-0.05, 0) is 74.4 Å². The van der Waals surface area contributed by atoms with Crippen LogP contribution in [0.5, 0.6) is 5.75 Å². The molecule has 6 nitrogen and oxygen atoms in total. The number of nitrogens with zero attached hydrogens (tertiary/aromatic N) is 2. The molecule has 0 spiro atoms. The fraction of sp³-hybridized carbons (Fsp3) is 0.500. The van der Waals surface area contributed by atoms with E-state index in [0.29, 0.717) is 31.7 Å². The highest BCUT2D eigenvalue weighted by Gasteiger charge is 2.26. The third kappa shape index (κ3) is 5.30. The first-order valence-electron chi connectivity index (χ1n) is 11.1. The van der Waals surface area contributed by atoms with Gasteiger partial charge in [0, 0.05) is 25.3 Å². The third-order valence-corrected chi connectivity index (χ3v) is 6.09. The number of aromatic nitrogens is 1. The van der Waals surface area contributed by atoms with Crippen LogP contribution in [0.4, 0.5) is 5.82 Å². The van der Waals surface area contributed by atoms with E-state index in [-0.39, 0.29) is 5.91 Å². The Kier molecular flexibility index (Phi) is 6.84. The second-order valence-corrected chi connectivity index (χ2v) is 8.21. The molecule has 1 saturated carbocycles. The zero-order chi connectivity index (χ0) is 20.8. The van der Waals surface area contributed by atoms with Gasteiger partial charge in [0.15, 0.2) is 0 Å². The van der Waals surface area contributed by atoms with Crippen molar-refractivity contribution in [3.8, 4) is 5.75 Å². The topological polar surface area (TPSA) is 66.5 Å². The molecule has 1 aliphatic heterocycles. The van der Waals surface area contributed by atoms with E-state index in [2.05, 4.69) is 45.9 Å². The number of carbonyl (C=O) groups excluding carboxylic acids is 1. The van der Waals surface area contributed by atoms with Gasteiger partial charge in [0.1, 0.15) is 11.6 Å². The molecule has 1 saturated heterocycles. The molecule has 2 aliphatic rings. The van der Waals surface area contributed by atoms with Crippen LogP contribution in [0, 0.1) is 0 Å².